The molecule has 0 saturated carbocycles. The summed E-state index contributed by atoms with van der Waals surface area (Å²) in [4.78, 5) is 0. The van der Waals surface area contributed by atoms with Crippen molar-refractivity contribution in [2.24, 2.45) is 0 Å². The van der Waals surface area contributed by atoms with E-state index in [-0.39, 0.29) is 0 Å². The standard InChI is InChI=1S/C12H14BrN3/c13-12-10-5-1-3-8(11(10)15-16-12)7-9-4-2-6-14-9/h1,3,5,9,14H,2,4,6-7H2,(H,15,16). The Morgan fingerprint density at radius 2 is 2.38 bits per heavy atom. The summed E-state index contributed by atoms with van der Waals surface area (Å²) in [5, 5.41) is 12.1. The fourth-order valence-corrected chi connectivity index (χ4v) is 2.84. The van der Waals surface area contributed by atoms with Crippen LogP contribution >= 0.6 is 15.9 Å². The van der Waals surface area contributed by atoms with Crippen molar-refractivity contribution < 1.29 is 0 Å². The molecular weight excluding hydrogens is 266 g/mol. The molecule has 1 atom stereocenters. The van der Waals surface area contributed by atoms with Crippen LogP contribution in [0.3, 0.4) is 0 Å². The topological polar surface area (TPSA) is 40.7 Å². The van der Waals surface area contributed by atoms with Crippen LogP contribution in [0, 0.1) is 0 Å². The zero-order valence-corrected chi connectivity index (χ0v) is 10.5. The van der Waals surface area contributed by atoms with E-state index in [1.54, 1.807) is 0 Å². The summed E-state index contributed by atoms with van der Waals surface area (Å²) in [6.07, 6.45) is 3.65. The largest absolute Gasteiger partial charge is 0.314 e. The van der Waals surface area contributed by atoms with Crippen molar-refractivity contribution in [1.29, 1.82) is 0 Å². The fraction of sp³-hybridized carbons (Fsp3) is 0.417. The van der Waals surface area contributed by atoms with E-state index >= 15 is 0 Å². The van der Waals surface area contributed by atoms with Gasteiger partial charge in [0.25, 0.3) is 0 Å². The van der Waals surface area contributed by atoms with Crippen molar-refractivity contribution in [2.75, 3.05) is 6.54 Å². The number of hydrogen-bond acceptors (Lipinski definition) is 2. The Morgan fingerprint density at radius 1 is 1.44 bits per heavy atom. The molecular formula is C12H14BrN3. The van der Waals surface area contributed by atoms with Crippen LogP contribution < -0.4 is 5.32 Å². The molecule has 4 heteroatoms. The maximum atomic E-state index is 4.36. The molecule has 1 aliphatic heterocycles. The monoisotopic (exact) mass is 279 g/mol. The van der Waals surface area contributed by atoms with Gasteiger partial charge in [-0.25, -0.2) is 0 Å². The van der Waals surface area contributed by atoms with Crippen molar-refractivity contribution in [3.63, 3.8) is 0 Å². The third kappa shape index (κ3) is 1.76. The number of hydrogen-bond donors (Lipinski definition) is 2. The van der Waals surface area contributed by atoms with Gasteiger partial charge in [0.15, 0.2) is 0 Å². The highest BCUT2D eigenvalue weighted by Gasteiger charge is 2.16. The lowest BCUT2D eigenvalue weighted by molar-refractivity contribution is 0.604. The highest BCUT2D eigenvalue weighted by atomic mass is 79.9. The number of H-pyrrole nitrogens is 1. The lowest BCUT2D eigenvalue weighted by Gasteiger charge is -2.10. The van der Waals surface area contributed by atoms with E-state index in [1.807, 2.05) is 0 Å². The molecule has 84 valence electrons. The number of rotatable bonds is 2. The van der Waals surface area contributed by atoms with Gasteiger partial charge in [0.1, 0.15) is 4.60 Å². The van der Waals surface area contributed by atoms with Crippen LogP contribution in [0.1, 0.15) is 18.4 Å². The highest BCUT2D eigenvalue weighted by molar-refractivity contribution is 9.10. The summed E-state index contributed by atoms with van der Waals surface area (Å²) < 4.78 is 0.976. The van der Waals surface area contributed by atoms with Crippen LogP contribution in [0.15, 0.2) is 22.8 Å². The van der Waals surface area contributed by atoms with Gasteiger partial charge in [0, 0.05) is 11.4 Å². The van der Waals surface area contributed by atoms with Gasteiger partial charge in [0.2, 0.25) is 0 Å². The Balaban J connectivity index is 1.96. The van der Waals surface area contributed by atoms with Crippen LogP contribution in [0.2, 0.25) is 0 Å². The maximum Gasteiger partial charge on any atom is 0.108 e. The van der Waals surface area contributed by atoms with Crippen molar-refractivity contribution in [1.82, 2.24) is 15.5 Å². The van der Waals surface area contributed by atoms with Gasteiger partial charge in [0.05, 0.1) is 5.52 Å². The lowest BCUT2D eigenvalue weighted by Crippen LogP contribution is -2.23. The number of nitrogens with one attached hydrogen (secondary N) is 2. The van der Waals surface area contributed by atoms with E-state index in [0.29, 0.717) is 6.04 Å². The van der Waals surface area contributed by atoms with Crippen molar-refractivity contribution in [3.8, 4) is 0 Å². The Hall–Kier alpha value is -0.870. The quantitative estimate of drug-likeness (QED) is 0.887. The Morgan fingerprint density at radius 3 is 3.19 bits per heavy atom. The average Bonchev–Trinajstić information content (AvgIpc) is 2.90. The van der Waals surface area contributed by atoms with E-state index < -0.39 is 0 Å². The average molecular weight is 280 g/mol. The van der Waals surface area contributed by atoms with Gasteiger partial charge in [-0.15, -0.1) is 0 Å². The molecule has 1 unspecified atom stereocenters. The van der Waals surface area contributed by atoms with Gasteiger partial charge in [-0.05, 0) is 47.3 Å². The summed E-state index contributed by atoms with van der Waals surface area (Å²) in [6, 6.07) is 7.00. The summed E-state index contributed by atoms with van der Waals surface area (Å²) in [7, 11) is 0. The summed E-state index contributed by atoms with van der Waals surface area (Å²) >= 11 is 3.48. The number of halogens is 1. The van der Waals surface area contributed by atoms with Crippen molar-refractivity contribution in [2.45, 2.75) is 25.3 Å². The third-order valence-corrected chi connectivity index (χ3v) is 3.86. The minimum atomic E-state index is 0.626. The predicted molar refractivity (Wildman–Crippen MR) is 68.5 cm³/mol. The van der Waals surface area contributed by atoms with Crippen LogP contribution in [-0.4, -0.2) is 22.8 Å². The van der Waals surface area contributed by atoms with Crippen molar-refractivity contribution >= 4 is 26.8 Å². The molecule has 1 aliphatic rings. The summed E-state index contributed by atoms with van der Waals surface area (Å²) in [5.41, 5.74) is 2.43. The molecule has 1 aromatic carbocycles. The molecule has 0 spiro atoms. The van der Waals surface area contributed by atoms with Gasteiger partial charge >= 0.3 is 0 Å². The van der Waals surface area contributed by atoms with Gasteiger partial charge < -0.3 is 5.32 Å². The smallest absolute Gasteiger partial charge is 0.108 e. The molecule has 1 fully saturated rings. The number of nitrogens with zero attached hydrogens (tertiary/aromatic N) is 1. The molecule has 3 rings (SSSR count). The van der Waals surface area contributed by atoms with E-state index in [4.69, 9.17) is 0 Å². The van der Waals surface area contributed by atoms with Gasteiger partial charge in [-0.1, -0.05) is 18.2 Å². The zero-order valence-electron chi connectivity index (χ0n) is 8.96. The summed E-state index contributed by atoms with van der Waals surface area (Å²) in [6.45, 7) is 1.16. The van der Waals surface area contributed by atoms with Crippen LogP contribution in [0.5, 0.6) is 0 Å². The number of para-hydroxylation sites is 1. The van der Waals surface area contributed by atoms with E-state index in [2.05, 4.69) is 49.6 Å². The molecule has 0 bridgehead atoms. The van der Waals surface area contributed by atoms with E-state index in [1.165, 1.54) is 23.8 Å². The van der Waals surface area contributed by atoms with E-state index in [0.717, 1.165) is 23.1 Å². The third-order valence-electron chi connectivity index (χ3n) is 3.25. The number of aromatic nitrogens is 2. The minimum Gasteiger partial charge on any atom is -0.314 e. The van der Waals surface area contributed by atoms with E-state index in [9.17, 15) is 0 Å². The van der Waals surface area contributed by atoms with Gasteiger partial charge in [-0.3, -0.25) is 5.10 Å². The first-order valence-corrected chi connectivity index (χ1v) is 6.49. The molecule has 16 heavy (non-hydrogen) atoms. The first-order valence-electron chi connectivity index (χ1n) is 5.69. The molecule has 2 heterocycles. The predicted octanol–water partition coefficient (Wildman–Crippen LogP) is 2.62. The Kier molecular flexibility index (Phi) is 2.69. The maximum absolute atomic E-state index is 4.36. The molecule has 1 aromatic heterocycles. The number of fused-ring (bicyclic) bond motifs is 1. The van der Waals surface area contributed by atoms with Gasteiger partial charge in [-0.2, -0.15) is 5.10 Å². The van der Waals surface area contributed by atoms with Crippen molar-refractivity contribution in [3.05, 3.63) is 28.4 Å². The number of aromatic amines is 1. The first kappa shape index (κ1) is 10.3. The second-order valence-electron chi connectivity index (χ2n) is 4.35. The minimum absolute atomic E-state index is 0.626. The number of benzene rings is 1. The zero-order chi connectivity index (χ0) is 11.0. The summed E-state index contributed by atoms with van der Waals surface area (Å²) in [5.74, 6) is 0. The molecule has 2 aromatic rings. The molecule has 2 N–H and O–H groups in total. The second kappa shape index (κ2) is 4.18. The second-order valence-corrected chi connectivity index (χ2v) is 5.14. The normalized spacial score (nSPS) is 20.7. The molecule has 0 amide bonds. The molecule has 0 radical (unpaired) electrons. The van der Waals surface area contributed by atoms with Crippen LogP contribution in [0.4, 0.5) is 0 Å². The Labute approximate surface area is 103 Å². The molecule has 3 nitrogen and oxygen atoms in total. The fourth-order valence-electron chi connectivity index (χ4n) is 2.43. The first-order chi connectivity index (χ1) is 7.84. The van der Waals surface area contributed by atoms with Crippen LogP contribution in [0.25, 0.3) is 10.9 Å². The SMILES string of the molecule is Brc1[nH]nc2c(CC3CCCN3)cccc12. The molecule has 1 saturated heterocycles. The Bertz CT molecular complexity index is 500. The highest BCUT2D eigenvalue weighted by Crippen LogP contribution is 2.25. The van der Waals surface area contributed by atoms with Crippen LogP contribution in [-0.2, 0) is 6.42 Å². The molecule has 0 aliphatic carbocycles. The lowest BCUT2D eigenvalue weighted by atomic mass is 10.0.